The zero-order valence-electron chi connectivity index (χ0n) is 11.9. The Morgan fingerprint density at radius 2 is 1.82 bits per heavy atom. The highest BCUT2D eigenvalue weighted by Crippen LogP contribution is 2.33. The molecule has 5 nitrogen and oxygen atoms in total. The van der Waals surface area contributed by atoms with Gasteiger partial charge in [0.1, 0.15) is 5.52 Å². The van der Waals surface area contributed by atoms with Crippen molar-refractivity contribution in [2.24, 2.45) is 0 Å². The fourth-order valence-electron chi connectivity index (χ4n) is 2.82. The van der Waals surface area contributed by atoms with E-state index in [0.29, 0.717) is 17.0 Å². The van der Waals surface area contributed by atoms with Gasteiger partial charge in [0.2, 0.25) is 0 Å². The summed E-state index contributed by atoms with van der Waals surface area (Å²) >= 11 is 3.55. The van der Waals surface area contributed by atoms with Gasteiger partial charge in [-0.2, -0.15) is 0 Å². The Hall–Kier alpha value is -2.08. The van der Waals surface area contributed by atoms with Crippen LogP contribution in [0.15, 0.2) is 41.3 Å². The van der Waals surface area contributed by atoms with E-state index < -0.39 is 0 Å². The number of aromatic nitrogens is 4. The average molecular weight is 356 g/mol. The van der Waals surface area contributed by atoms with E-state index in [1.54, 1.807) is 18.6 Å². The fourth-order valence-corrected chi connectivity index (χ4v) is 3.18. The molecule has 2 aromatic heterocycles. The highest BCUT2D eigenvalue weighted by atomic mass is 79.9. The zero-order valence-corrected chi connectivity index (χ0v) is 13.5. The van der Waals surface area contributed by atoms with E-state index in [-0.39, 0.29) is 0 Å². The summed E-state index contributed by atoms with van der Waals surface area (Å²) in [4.78, 5) is 20.0. The van der Waals surface area contributed by atoms with E-state index in [1.807, 2.05) is 0 Å². The number of fused-ring (bicyclic) bond motifs is 1. The molecule has 110 valence electrons. The van der Waals surface area contributed by atoms with Crippen LogP contribution in [0.1, 0.15) is 12.8 Å². The van der Waals surface area contributed by atoms with Gasteiger partial charge in [0, 0.05) is 41.2 Å². The van der Waals surface area contributed by atoms with E-state index >= 15 is 0 Å². The van der Waals surface area contributed by atoms with Crippen molar-refractivity contribution in [1.29, 1.82) is 0 Å². The van der Waals surface area contributed by atoms with Crippen LogP contribution in [0.25, 0.3) is 22.6 Å². The molecule has 1 aliphatic heterocycles. The maximum atomic E-state index is 4.59. The molecule has 1 aromatic carbocycles. The van der Waals surface area contributed by atoms with Crippen molar-refractivity contribution in [1.82, 2.24) is 19.9 Å². The lowest BCUT2D eigenvalue weighted by molar-refractivity contribution is 0.949. The highest BCUT2D eigenvalue weighted by molar-refractivity contribution is 9.10. The van der Waals surface area contributed by atoms with Crippen LogP contribution in [-0.4, -0.2) is 33.0 Å². The minimum Gasteiger partial charge on any atom is -0.371 e. The van der Waals surface area contributed by atoms with E-state index in [2.05, 4.69) is 59.0 Å². The number of rotatable bonds is 2. The van der Waals surface area contributed by atoms with Gasteiger partial charge >= 0.3 is 0 Å². The minimum absolute atomic E-state index is 0.625. The zero-order chi connectivity index (χ0) is 14.9. The Bertz CT molecular complexity index is 830. The lowest BCUT2D eigenvalue weighted by Gasteiger charge is -2.21. The van der Waals surface area contributed by atoms with Crippen LogP contribution < -0.4 is 4.90 Å². The summed E-state index contributed by atoms with van der Waals surface area (Å²) in [6, 6.07) is 6.28. The van der Waals surface area contributed by atoms with Crippen molar-refractivity contribution in [2.45, 2.75) is 12.8 Å². The van der Waals surface area contributed by atoms with Crippen LogP contribution in [0.3, 0.4) is 0 Å². The van der Waals surface area contributed by atoms with E-state index in [0.717, 1.165) is 23.1 Å². The number of nitrogens with zero attached hydrogens (tertiary/aromatic N) is 5. The van der Waals surface area contributed by atoms with Crippen LogP contribution in [-0.2, 0) is 0 Å². The molecule has 1 aliphatic rings. The Morgan fingerprint density at radius 3 is 2.68 bits per heavy atom. The summed E-state index contributed by atoms with van der Waals surface area (Å²) in [5.41, 5.74) is 3.55. The number of anilines is 1. The third-order valence-electron chi connectivity index (χ3n) is 3.87. The SMILES string of the molecule is Brc1ccc(N2CCCC2)c(-c2ncc3nccnc3n2)c1. The fraction of sp³-hybridized carbons (Fsp3) is 0.250. The first-order valence-corrected chi connectivity index (χ1v) is 8.09. The monoisotopic (exact) mass is 355 g/mol. The average Bonchev–Trinajstić information content (AvgIpc) is 3.08. The van der Waals surface area contributed by atoms with Crippen molar-refractivity contribution in [3.05, 3.63) is 41.3 Å². The van der Waals surface area contributed by atoms with E-state index in [1.165, 1.54) is 18.5 Å². The molecule has 0 unspecified atom stereocenters. The predicted molar refractivity (Wildman–Crippen MR) is 89.7 cm³/mol. The third kappa shape index (κ3) is 2.43. The molecular weight excluding hydrogens is 342 g/mol. The molecular formula is C16H14BrN5. The van der Waals surface area contributed by atoms with Gasteiger partial charge in [0.15, 0.2) is 11.5 Å². The molecule has 4 rings (SSSR count). The molecule has 0 bridgehead atoms. The standard InChI is InChI=1S/C16H14BrN5/c17-11-3-4-14(22-7-1-2-8-22)12(9-11)15-20-10-13-16(21-15)19-6-5-18-13/h3-6,9-10H,1-2,7-8H2. The van der Waals surface area contributed by atoms with Gasteiger partial charge in [0.25, 0.3) is 0 Å². The molecule has 0 aliphatic carbocycles. The number of hydrogen-bond acceptors (Lipinski definition) is 5. The molecule has 3 aromatic rings. The molecule has 0 amide bonds. The Balaban J connectivity index is 1.87. The number of benzene rings is 1. The molecule has 1 fully saturated rings. The number of halogens is 1. The summed E-state index contributed by atoms with van der Waals surface area (Å²) in [6.07, 6.45) is 7.51. The predicted octanol–water partition coefficient (Wildman–Crippen LogP) is 3.45. The van der Waals surface area contributed by atoms with Crippen molar-refractivity contribution in [3.8, 4) is 11.4 Å². The van der Waals surface area contributed by atoms with Gasteiger partial charge in [-0.05, 0) is 31.0 Å². The maximum absolute atomic E-state index is 4.59. The molecule has 22 heavy (non-hydrogen) atoms. The lowest BCUT2D eigenvalue weighted by atomic mass is 10.1. The molecule has 0 saturated carbocycles. The Morgan fingerprint density at radius 1 is 1.00 bits per heavy atom. The van der Waals surface area contributed by atoms with E-state index in [9.17, 15) is 0 Å². The summed E-state index contributed by atoms with van der Waals surface area (Å²) < 4.78 is 1.02. The second kappa shape index (κ2) is 5.61. The van der Waals surface area contributed by atoms with Crippen molar-refractivity contribution < 1.29 is 0 Å². The van der Waals surface area contributed by atoms with E-state index in [4.69, 9.17) is 0 Å². The second-order valence-electron chi connectivity index (χ2n) is 5.31. The van der Waals surface area contributed by atoms with Crippen molar-refractivity contribution >= 4 is 32.8 Å². The summed E-state index contributed by atoms with van der Waals surface area (Å²) in [5.74, 6) is 0.691. The summed E-state index contributed by atoms with van der Waals surface area (Å²) in [7, 11) is 0. The molecule has 0 atom stereocenters. The Labute approximate surface area is 136 Å². The van der Waals surface area contributed by atoms with Gasteiger partial charge in [-0.1, -0.05) is 15.9 Å². The first kappa shape index (κ1) is 13.6. The van der Waals surface area contributed by atoms with Gasteiger partial charge in [-0.25, -0.2) is 19.9 Å². The third-order valence-corrected chi connectivity index (χ3v) is 4.37. The topological polar surface area (TPSA) is 54.8 Å². The largest absolute Gasteiger partial charge is 0.371 e. The quantitative estimate of drug-likeness (QED) is 0.704. The Kier molecular flexibility index (Phi) is 3.46. The molecule has 6 heteroatoms. The van der Waals surface area contributed by atoms with Gasteiger partial charge in [0.05, 0.1) is 6.20 Å². The van der Waals surface area contributed by atoms with Crippen LogP contribution in [0.4, 0.5) is 5.69 Å². The normalized spacial score (nSPS) is 14.7. The smallest absolute Gasteiger partial charge is 0.181 e. The molecule has 0 radical (unpaired) electrons. The van der Waals surface area contributed by atoms with Gasteiger partial charge in [-0.3, -0.25) is 0 Å². The molecule has 0 N–H and O–H groups in total. The van der Waals surface area contributed by atoms with Gasteiger partial charge < -0.3 is 4.90 Å². The van der Waals surface area contributed by atoms with Crippen LogP contribution >= 0.6 is 15.9 Å². The minimum atomic E-state index is 0.625. The molecule has 3 heterocycles. The molecule has 1 saturated heterocycles. The van der Waals surface area contributed by atoms with Gasteiger partial charge in [-0.15, -0.1) is 0 Å². The first-order valence-electron chi connectivity index (χ1n) is 7.30. The van der Waals surface area contributed by atoms with Crippen molar-refractivity contribution in [3.63, 3.8) is 0 Å². The maximum Gasteiger partial charge on any atom is 0.181 e. The lowest BCUT2D eigenvalue weighted by Crippen LogP contribution is -2.18. The number of hydrogen-bond donors (Lipinski definition) is 0. The van der Waals surface area contributed by atoms with Crippen LogP contribution in [0.2, 0.25) is 0 Å². The molecule has 0 spiro atoms. The highest BCUT2D eigenvalue weighted by Gasteiger charge is 2.18. The summed E-state index contributed by atoms with van der Waals surface area (Å²) in [5, 5.41) is 0. The summed E-state index contributed by atoms with van der Waals surface area (Å²) in [6.45, 7) is 2.17. The van der Waals surface area contributed by atoms with Crippen LogP contribution in [0.5, 0.6) is 0 Å². The van der Waals surface area contributed by atoms with Crippen LogP contribution in [0, 0.1) is 0 Å². The first-order chi connectivity index (χ1) is 10.8. The van der Waals surface area contributed by atoms with Crippen molar-refractivity contribution in [2.75, 3.05) is 18.0 Å². The second-order valence-corrected chi connectivity index (χ2v) is 6.23.